The number of H-pyrrole nitrogens is 1. The number of rotatable bonds is 2. The molecule has 0 fully saturated rings. The van der Waals surface area contributed by atoms with E-state index < -0.39 is 0 Å². The molecule has 0 atom stereocenters. The van der Waals surface area contributed by atoms with Gasteiger partial charge in [0.15, 0.2) is 11.5 Å². The van der Waals surface area contributed by atoms with Gasteiger partial charge in [0, 0.05) is 29.4 Å². The van der Waals surface area contributed by atoms with E-state index in [1.165, 1.54) is 6.20 Å². The molecule has 1 aliphatic heterocycles. The molecule has 2 aliphatic rings. The van der Waals surface area contributed by atoms with E-state index in [0.29, 0.717) is 29.2 Å². The molecule has 0 spiro atoms. The molecule has 2 aromatic rings. The number of hydrazone groups is 1. The van der Waals surface area contributed by atoms with Crippen LogP contribution in [0, 0.1) is 0 Å². The molecule has 4 rings (SSSR count). The van der Waals surface area contributed by atoms with Crippen LogP contribution in [0.25, 0.3) is 6.08 Å². The highest BCUT2D eigenvalue weighted by Crippen LogP contribution is 2.24. The van der Waals surface area contributed by atoms with Crippen molar-refractivity contribution in [2.75, 3.05) is 0 Å². The van der Waals surface area contributed by atoms with Gasteiger partial charge >= 0.3 is 0 Å². The van der Waals surface area contributed by atoms with Gasteiger partial charge in [0.05, 0.1) is 11.8 Å². The predicted molar refractivity (Wildman–Crippen MR) is 77.2 cm³/mol. The summed E-state index contributed by atoms with van der Waals surface area (Å²) in [6.07, 6.45) is 5.44. The Hall–Kier alpha value is -2.96. The van der Waals surface area contributed by atoms with Gasteiger partial charge in [-0.3, -0.25) is 9.59 Å². The van der Waals surface area contributed by atoms with E-state index in [4.69, 9.17) is 4.52 Å². The summed E-state index contributed by atoms with van der Waals surface area (Å²) in [4.78, 5) is 27.0. The number of amides is 1. The summed E-state index contributed by atoms with van der Waals surface area (Å²) in [5.41, 5.74) is 5.55. The number of hydrogen-bond donors (Lipinski definition) is 2. The molecule has 0 saturated heterocycles. The number of carbonyl (C=O) groups is 2. The normalized spacial score (nSPS) is 19.3. The van der Waals surface area contributed by atoms with Crippen LogP contribution >= 0.6 is 0 Å². The lowest BCUT2D eigenvalue weighted by Crippen LogP contribution is -2.13. The van der Waals surface area contributed by atoms with Crippen LogP contribution in [0.1, 0.15) is 40.3 Å². The quantitative estimate of drug-likeness (QED) is 0.819. The first kappa shape index (κ1) is 12.8. The minimum atomic E-state index is -0.315. The van der Waals surface area contributed by atoms with Gasteiger partial charge in [-0.2, -0.15) is 5.10 Å². The zero-order chi connectivity index (χ0) is 15.1. The summed E-state index contributed by atoms with van der Waals surface area (Å²) < 4.78 is 5.05. The largest absolute Gasteiger partial charge is 0.358 e. The zero-order valence-electron chi connectivity index (χ0n) is 11.5. The van der Waals surface area contributed by atoms with Crippen LogP contribution in [0.4, 0.5) is 0 Å². The maximum absolute atomic E-state index is 12.0. The lowest BCUT2D eigenvalue weighted by molar-refractivity contribution is -0.116. The van der Waals surface area contributed by atoms with E-state index in [-0.39, 0.29) is 11.7 Å². The third-order valence-electron chi connectivity index (χ3n) is 3.79. The van der Waals surface area contributed by atoms with Crippen LogP contribution in [-0.4, -0.2) is 27.5 Å². The fraction of sp³-hybridized carbons (Fsp3) is 0.200. The lowest BCUT2D eigenvalue weighted by atomic mass is 9.97. The number of ketones is 1. The van der Waals surface area contributed by atoms with Gasteiger partial charge in [-0.15, -0.1) is 0 Å². The average molecular weight is 296 g/mol. The van der Waals surface area contributed by atoms with Crippen LogP contribution in [0.3, 0.4) is 0 Å². The molecule has 0 bridgehead atoms. The van der Waals surface area contributed by atoms with Crippen molar-refractivity contribution >= 4 is 23.5 Å². The van der Waals surface area contributed by atoms with Crippen molar-refractivity contribution in [2.45, 2.75) is 19.3 Å². The molecule has 0 radical (unpaired) electrons. The number of nitrogens with zero attached hydrogens (tertiary/aromatic N) is 2. The summed E-state index contributed by atoms with van der Waals surface area (Å²) >= 11 is 0. The molecule has 2 N–H and O–H groups in total. The van der Waals surface area contributed by atoms with Crippen LogP contribution < -0.4 is 5.43 Å². The highest BCUT2D eigenvalue weighted by atomic mass is 16.5. The monoisotopic (exact) mass is 296 g/mol. The van der Waals surface area contributed by atoms with Crippen LogP contribution in [0.15, 0.2) is 33.5 Å². The minimum absolute atomic E-state index is 0.141. The number of carbonyl (C=O) groups excluding carboxylic acids is 2. The molecular formula is C15H12N4O3. The van der Waals surface area contributed by atoms with Gasteiger partial charge in [0.25, 0.3) is 5.91 Å². The van der Waals surface area contributed by atoms with Gasteiger partial charge in [-0.1, -0.05) is 5.16 Å². The molecule has 0 unspecified atom stereocenters. The number of hydrogen-bond acceptors (Lipinski definition) is 5. The fourth-order valence-corrected chi connectivity index (χ4v) is 2.75. The van der Waals surface area contributed by atoms with E-state index >= 15 is 0 Å². The molecule has 3 heterocycles. The average Bonchev–Trinajstić information content (AvgIpc) is 3.20. The van der Waals surface area contributed by atoms with Gasteiger partial charge in [-0.05, 0) is 25.0 Å². The number of aromatic amines is 1. The van der Waals surface area contributed by atoms with Crippen molar-refractivity contribution in [3.63, 3.8) is 0 Å². The zero-order valence-corrected chi connectivity index (χ0v) is 11.5. The number of aromatic nitrogens is 2. The van der Waals surface area contributed by atoms with Crippen molar-refractivity contribution < 1.29 is 14.1 Å². The molecule has 1 amide bonds. The lowest BCUT2D eigenvalue weighted by Gasteiger charge is -2.08. The smallest absolute Gasteiger partial charge is 0.273 e. The molecule has 7 heteroatoms. The Labute approximate surface area is 125 Å². The molecule has 0 aromatic carbocycles. The van der Waals surface area contributed by atoms with Crippen molar-refractivity contribution in [1.82, 2.24) is 15.6 Å². The number of fused-ring (bicyclic) bond motifs is 1. The molecule has 2 aromatic heterocycles. The summed E-state index contributed by atoms with van der Waals surface area (Å²) in [6.45, 7) is 0. The van der Waals surface area contributed by atoms with Gasteiger partial charge in [0.2, 0.25) is 0 Å². The first-order chi connectivity index (χ1) is 10.7. The third-order valence-corrected chi connectivity index (χ3v) is 3.79. The van der Waals surface area contributed by atoms with E-state index in [1.54, 1.807) is 18.2 Å². The minimum Gasteiger partial charge on any atom is -0.358 e. The van der Waals surface area contributed by atoms with Crippen molar-refractivity contribution in [2.24, 2.45) is 5.10 Å². The highest BCUT2D eigenvalue weighted by Gasteiger charge is 2.27. The van der Waals surface area contributed by atoms with Gasteiger partial charge < -0.3 is 9.51 Å². The van der Waals surface area contributed by atoms with E-state index in [9.17, 15) is 9.59 Å². The number of Topliss-reactive ketones (excluding diaryl/α,β-unsaturated/α-hetero) is 1. The first-order valence-electron chi connectivity index (χ1n) is 6.98. The van der Waals surface area contributed by atoms with Gasteiger partial charge in [-0.25, -0.2) is 5.43 Å². The molecule has 110 valence electrons. The Kier molecular flexibility index (Phi) is 2.78. The van der Waals surface area contributed by atoms with E-state index in [0.717, 1.165) is 24.1 Å². The summed E-state index contributed by atoms with van der Waals surface area (Å²) in [5, 5.41) is 7.59. The standard InChI is InChI=1S/C15H12N4O3/c20-12-3-1-2-11-9(12)6-8(17-11)7-10-14(18-19-15(10)21)13-4-5-16-22-13/h4-7,17H,1-3H2,(H,19,21). The Morgan fingerprint density at radius 3 is 2.95 bits per heavy atom. The highest BCUT2D eigenvalue weighted by molar-refractivity contribution is 6.32. The fourth-order valence-electron chi connectivity index (χ4n) is 2.75. The number of nitrogens with one attached hydrogen (secondary N) is 2. The number of aryl methyl sites for hydroxylation is 1. The second-order valence-electron chi connectivity index (χ2n) is 5.23. The van der Waals surface area contributed by atoms with Crippen LogP contribution in [-0.2, 0) is 11.2 Å². The first-order valence-corrected chi connectivity index (χ1v) is 6.98. The van der Waals surface area contributed by atoms with Gasteiger partial charge in [0.1, 0.15) is 5.71 Å². The molecular weight excluding hydrogens is 284 g/mol. The van der Waals surface area contributed by atoms with Crippen molar-refractivity contribution in [1.29, 1.82) is 0 Å². The summed E-state index contributed by atoms with van der Waals surface area (Å²) in [7, 11) is 0. The third kappa shape index (κ3) is 1.98. The summed E-state index contributed by atoms with van der Waals surface area (Å²) in [5.74, 6) is 0.240. The Balaban J connectivity index is 1.74. The maximum atomic E-state index is 12.0. The Morgan fingerprint density at radius 2 is 2.18 bits per heavy atom. The summed E-state index contributed by atoms with van der Waals surface area (Å²) in [6, 6.07) is 3.42. The predicted octanol–water partition coefficient (Wildman–Crippen LogP) is 1.44. The topological polar surface area (TPSA) is 100 Å². The van der Waals surface area contributed by atoms with Crippen molar-refractivity contribution in [3.8, 4) is 0 Å². The second kappa shape index (κ2) is 4.80. The van der Waals surface area contributed by atoms with Crippen LogP contribution in [0.5, 0.6) is 0 Å². The van der Waals surface area contributed by atoms with Crippen molar-refractivity contribution in [3.05, 3.63) is 46.6 Å². The molecule has 7 nitrogen and oxygen atoms in total. The maximum Gasteiger partial charge on any atom is 0.273 e. The molecule has 1 aliphatic carbocycles. The Morgan fingerprint density at radius 1 is 1.27 bits per heavy atom. The van der Waals surface area contributed by atoms with E-state index in [2.05, 4.69) is 20.7 Å². The Bertz CT molecular complexity index is 827. The van der Waals surface area contributed by atoms with Crippen LogP contribution in [0.2, 0.25) is 0 Å². The molecule has 22 heavy (non-hydrogen) atoms. The van der Waals surface area contributed by atoms with E-state index in [1.807, 2.05) is 0 Å². The second-order valence-corrected chi connectivity index (χ2v) is 5.23. The molecule has 0 saturated carbocycles. The SMILES string of the molecule is O=C1NN=C(c2ccno2)C1=Cc1cc2c([nH]1)CCCC2=O.